The van der Waals surface area contributed by atoms with Crippen molar-refractivity contribution in [2.75, 3.05) is 5.73 Å². The van der Waals surface area contributed by atoms with Crippen LogP contribution in [0.2, 0.25) is 0 Å². The van der Waals surface area contributed by atoms with E-state index in [2.05, 4.69) is 63.0 Å². The Kier molecular flexibility index (Phi) is 9.52. The van der Waals surface area contributed by atoms with Crippen molar-refractivity contribution in [3.05, 3.63) is 94.2 Å². The fourth-order valence-electron chi connectivity index (χ4n) is 3.92. The molecule has 0 spiro atoms. The van der Waals surface area contributed by atoms with Crippen molar-refractivity contribution in [3.8, 4) is 0 Å². The SMILES string of the molecule is C=C(C)/C(=C/c1ccc(N)c(CC)c1)C(=O)N/C(C)=C/C(CCCC)c1ccccc1C. The number of carbonyl (C=O) groups excluding carboxylic acids is 1. The number of allylic oxidation sites excluding steroid dienone is 2. The van der Waals surface area contributed by atoms with Crippen LogP contribution < -0.4 is 11.1 Å². The van der Waals surface area contributed by atoms with Crippen LogP contribution in [-0.4, -0.2) is 5.91 Å². The van der Waals surface area contributed by atoms with Crippen molar-refractivity contribution in [1.29, 1.82) is 0 Å². The molecule has 1 unspecified atom stereocenters. The summed E-state index contributed by atoms with van der Waals surface area (Å²) in [5.74, 6) is 0.137. The third-order valence-electron chi connectivity index (χ3n) is 5.78. The number of hydrogen-bond acceptors (Lipinski definition) is 2. The van der Waals surface area contributed by atoms with Gasteiger partial charge in [-0.1, -0.05) is 69.7 Å². The smallest absolute Gasteiger partial charge is 0.255 e. The largest absolute Gasteiger partial charge is 0.399 e. The second kappa shape index (κ2) is 12.1. The third kappa shape index (κ3) is 6.98. The highest BCUT2D eigenvalue weighted by molar-refractivity contribution is 6.02. The third-order valence-corrected chi connectivity index (χ3v) is 5.78. The van der Waals surface area contributed by atoms with Gasteiger partial charge >= 0.3 is 0 Å². The predicted molar refractivity (Wildman–Crippen MR) is 138 cm³/mol. The van der Waals surface area contributed by atoms with E-state index in [9.17, 15) is 4.79 Å². The Hall–Kier alpha value is -3.07. The highest BCUT2D eigenvalue weighted by Gasteiger charge is 2.14. The van der Waals surface area contributed by atoms with Crippen molar-refractivity contribution in [2.24, 2.45) is 0 Å². The molecule has 0 aliphatic heterocycles. The number of rotatable bonds is 10. The zero-order chi connectivity index (χ0) is 23.7. The van der Waals surface area contributed by atoms with Gasteiger partial charge in [0.2, 0.25) is 0 Å². The van der Waals surface area contributed by atoms with Crippen molar-refractivity contribution in [3.63, 3.8) is 0 Å². The second-order valence-electron chi connectivity index (χ2n) is 8.56. The maximum absolute atomic E-state index is 13.1. The molecule has 2 aromatic carbocycles. The van der Waals surface area contributed by atoms with Gasteiger partial charge in [0, 0.05) is 22.9 Å². The molecular weight excluding hydrogens is 392 g/mol. The van der Waals surface area contributed by atoms with E-state index >= 15 is 0 Å². The van der Waals surface area contributed by atoms with Gasteiger partial charge in [0.05, 0.1) is 0 Å². The molecule has 0 fully saturated rings. The molecule has 2 rings (SSSR count). The van der Waals surface area contributed by atoms with Gasteiger partial charge in [-0.05, 0) is 79.6 Å². The van der Waals surface area contributed by atoms with Crippen LogP contribution in [0.25, 0.3) is 6.08 Å². The minimum atomic E-state index is -0.139. The molecule has 0 aromatic heterocycles. The second-order valence-corrected chi connectivity index (χ2v) is 8.56. The Labute approximate surface area is 194 Å². The summed E-state index contributed by atoms with van der Waals surface area (Å²) in [5, 5.41) is 3.09. The van der Waals surface area contributed by atoms with E-state index in [1.54, 1.807) is 0 Å². The first-order valence-electron chi connectivity index (χ1n) is 11.6. The standard InChI is InChI=1S/C29H38N2O/c1-7-9-13-25(26-14-11-10-12-21(26)5)17-22(6)31-29(32)27(20(3)4)19-23-15-16-28(30)24(8-2)18-23/h10-12,14-19,25H,3,7-9,13,30H2,1-2,4-6H3,(H,31,32)/b22-17+,27-19-. The van der Waals surface area contributed by atoms with Crippen molar-refractivity contribution in [2.45, 2.75) is 66.2 Å². The number of unbranched alkanes of at least 4 members (excludes halogenated alkanes) is 1. The highest BCUT2D eigenvalue weighted by Crippen LogP contribution is 2.27. The first-order valence-corrected chi connectivity index (χ1v) is 11.6. The molecule has 0 radical (unpaired) electrons. The average Bonchev–Trinajstić information content (AvgIpc) is 2.76. The molecule has 0 aliphatic rings. The van der Waals surface area contributed by atoms with E-state index in [0.717, 1.165) is 53.8 Å². The lowest BCUT2D eigenvalue weighted by atomic mass is 9.89. The van der Waals surface area contributed by atoms with Crippen LogP contribution in [0, 0.1) is 6.92 Å². The molecule has 2 aromatic rings. The lowest BCUT2D eigenvalue weighted by Crippen LogP contribution is -2.24. The van der Waals surface area contributed by atoms with Crippen LogP contribution in [0.4, 0.5) is 5.69 Å². The summed E-state index contributed by atoms with van der Waals surface area (Å²) in [6, 6.07) is 14.4. The van der Waals surface area contributed by atoms with Crippen LogP contribution >= 0.6 is 0 Å². The van der Waals surface area contributed by atoms with Gasteiger partial charge in [-0.15, -0.1) is 0 Å². The van der Waals surface area contributed by atoms with E-state index in [4.69, 9.17) is 5.73 Å². The molecule has 0 bridgehead atoms. The average molecular weight is 431 g/mol. The van der Waals surface area contributed by atoms with E-state index in [1.807, 2.05) is 38.1 Å². The van der Waals surface area contributed by atoms with E-state index in [0.29, 0.717) is 5.57 Å². The topological polar surface area (TPSA) is 55.1 Å². The van der Waals surface area contributed by atoms with Crippen LogP contribution in [0.1, 0.15) is 75.1 Å². The first kappa shape index (κ1) is 25.2. The van der Waals surface area contributed by atoms with Gasteiger partial charge in [-0.2, -0.15) is 0 Å². The van der Waals surface area contributed by atoms with Gasteiger partial charge in [-0.3, -0.25) is 4.79 Å². The monoisotopic (exact) mass is 430 g/mol. The quantitative estimate of drug-likeness (QED) is 0.240. The summed E-state index contributed by atoms with van der Waals surface area (Å²) in [6.45, 7) is 14.3. The normalized spacial score (nSPS) is 13.0. The lowest BCUT2D eigenvalue weighted by Gasteiger charge is -2.18. The molecule has 170 valence electrons. The summed E-state index contributed by atoms with van der Waals surface area (Å²) in [7, 11) is 0. The molecule has 3 N–H and O–H groups in total. The molecule has 3 heteroatoms. The highest BCUT2D eigenvalue weighted by atomic mass is 16.1. The summed E-state index contributed by atoms with van der Waals surface area (Å²) in [6.07, 6.45) is 8.27. The molecule has 0 saturated heterocycles. The van der Waals surface area contributed by atoms with Crippen LogP contribution in [0.3, 0.4) is 0 Å². The number of benzene rings is 2. The zero-order valence-corrected chi connectivity index (χ0v) is 20.3. The van der Waals surface area contributed by atoms with Crippen molar-refractivity contribution in [1.82, 2.24) is 5.32 Å². The molecule has 3 nitrogen and oxygen atoms in total. The van der Waals surface area contributed by atoms with Crippen LogP contribution in [-0.2, 0) is 11.2 Å². The first-order chi connectivity index (χ1) is 15.3. The van der Waals surface area contributed by atoms with E-state index in [-0.39, 0.29) is 11.8 Å². The van der Waals surface area contributed by atoms with Gasteiger partial charge in [-0.25, -0.2) is 0 Å². The van der Waals surface area contributed by atoms with Crippen molar-refractivity contribution >= 4 is 17.7 Å². The van der Waals surface area contributed by atoms with Gasteiger partial charge in [0.15, 0.2) is 0 Å². The molecule has 0 heterocycles. The molecule has 0 saturated carbocycles. The Morgan fingerprint density at radius 3 is 2.50 bits per heavy atom. The molecule has 32 heavy (non-hydrogen) atoms. The number of hydrogen-bond donors (Lipinski definition) is 2. The van der Waals surface area contributed by atoms with Gasteiger partial charge < -0.3 is 11.1 Å². The van der Waals surface area contributed by atoms with Crippen molar-refractivity contribution < 1.29 is 4.79 Å². The molecule has 1 amide bonds. The van der Waals surface area contributed by atoms with E-state index < -0.39 is 0 Å². The number of anilines is 1. The summed E-state index contributed by atoms with van der Waals surface area (Å²) < 4.78 is 0. The number of carbonyl (C=O) groups is 1. The number of nitrogen functional groups attached to an aromatic ring is 1. The number of aryl methyl sites for hydroxylation is 2. The van der Waals surface area contributed by atoms with Crippen LogP contribution in [0.5, 0.6) is 0 Å². The van der Waals surface area contributed by atoms with Gasteiger partial charge in [0.25, 0.3) is 5.91 Å². The number of amides is 1. The summed E-state index contributed by atoms with van der Waals surface area (Å²) >= 11 is 0. The fraction of sp³-hybridized carbons (Fsp3) is 0.345. The minimum Gasteiger partial charge on any atom is -0.399 e. The maximum Gasteiger partial charge on any atom is 0.255 e. The van der Waals surface area contributed by atoms with Crippen LogP contribution in [0.15, 0.2) is 72.0 Å². The molecular formula is C29H38N2O. The Balaban J connectivity index is 2.28. The predicted octanol–water partition coefficient (Wildman–Crippen LogP) is 7.09. The number of nitrogens with two attached hydrogens (primary N) is 1. The lowest BCUT2D eigenvalue weighted by molar-refractivity contribution is -0.116. The Morgan fingerprint density at radius 2 is 1.88 bits per heavy atom. The Bertz CT molecular complexity index is 1010. The zero-order valence-electron chi connectivity index (χ0n) is 20.3. The minimum absolute atomic E-state index is 0.139. The fourth-order valence-corrected chi connectivity index (χ4v) is 3.92. The maximum atomic E-state index is 13.1. The summed E-state index contributed by atoms with van der Waals surface area (Å²) in [5.41, 5.74) is 13.6. The molecule has 0 aliphatic carbocycles. The Morgan fingerprint density at radius 1 is 1.16 bits per heavy atom. The van der Waals surface area contributed by atoms with Gasteiger partial charge in [0.1, 0.15) is 0 Å². The molecule has 1 atom stereocenters. The number of nitrogens with one attached hydrogen (secondary N) is 1. The summed E-state index contributed by atoms with van der Waals surface area (Å²) in [4.78, 5) is 13.1. The van der Waals surface area contributed by atoms with E-state index in [1.165, 1.54) is 11.1 Å².